The molecule has 1 saturated heterocycles. The van der Waals surface area contributed by atoms with Gasteiger partial charge in [0.1, 0.15) is 5.75 Å². The van der Waals surface area contributed by atoms with E-state index in [4.69, 9.17) is 11.6 Å². The predicted molar refractivity (Wildman–Crippen MR) is 98.6 cm³/mol. The van der Waals surface area contributed by atoms with Crippen LogP contribution in [0.15, 0.2) is 53.6 Å². The summed E-state index contributed by atoms with van der Waals surface area (Å²) in [7, 11) is 0. The Labute approximate surface area is 148 Å². The smallest absolute Gasteiger partial charge is 0.124 e. The number of hydrogen-bond donors (Lipinski definition) is 1. The van der Waals surface area contributed by atoms with Gasteiger partial charge in [0.2, 0.25) is 0 Å². The quantitative estimate of drug-likeness (QED) is 0.862. The highest BCUT2D eigenvalue weighted by atomic mass is 35.5. The Balaban J connectivity index is 1.58. The predicted octanol–water partition coefficient (Wildman–Crippen LogP) is 3.59. The van der Waals surface area contributed by atoms with Crippen molar-refractivity contribution in [2.24, 2.45) is 5.10 Å². The van der Waals surface area contributed by atoms with Crippen molar-refractivity contribution in [1.29, 1.82) is 0 Å². The van der Waals surface area contributed by atoms with Gasteiger partial charge in [-0.05, 0) is 30.7 Å². The van der Waals surface area contributed by atoms with E-state index in [0.717, 1.165) is 49.0 Å². The topological polar surface area (TPSA) is 39.1 Å². The number of para-hydroxylation sites is 1. The second-order valence-electron chi connectivity index (χ2n) is 6.02. The Hall–Kier alpha value is -2.04. The molecule has 1 N–H and O–H groups in total. The van der Waals surface area contributed by atoms with Crippen LogP contribution in [-0.2, 0) is 6.54 Å². The van der Waals surface area contributed by atoms with Gasteiger partial charge in [0, 0.05) is 43.3 Å². The number of rotatable bonds is 4. The van der Waals surface area contributed by atoms with Crippen molar-refractivity contribution >= 4 is 17.3 Å². The van der Waals surface area contributed by atoms with Crippen LogP contribution in [0, 0.1) is 0 Å². The van der Waals surface area contributed by atoms with Crippen LogP contribution >= 0.6 is 11.6 Å². The van der Waals surface area contributed by atoms with Crippen LogP contribution in [0.25, 0.3) is 0 Å². The fraction of sp³-hybridized carbons (Fsp3) is 0.316. The summed E-state index contributed by atoms with van der Waals surface area (Å²) in [6, 6.07) is 15.3. The van der Waals surface area contributed by atoms with Crippen molar-refractivity contribution in [2.75, 3.05) is 26.2 Å². The third-order valence-corrected chi connectivity index (χ3v) is 4.65. The van der Waals surface area contributed by atoms with Crippen LogP contribution in [0.5, 0.6) is 5.75 Å². The molecule has 0 saturated carbocycles. The number of hydrazone groups is 1. The van der Waals surface area contributed by atoms with E-state index in [0.29, 0.717) is 0 Å². The van der Waals surface area contributed by atoms with Gasteiger partial charge in [-0.25, -0.2) is 0 Å². The highest BCUT2D eigenvalue weighted by Crippen LogP contribution is 2.19. The Morgan fingerprint density at radius 2 is 1.71 bits per heavy atom. The number of benzene rings is 2. The third-order valence-electron chi connectivity index (χ3n) is 4.29. The molecule has 0 aliphatic carbocycles. The zero-order valence-corrected chi connectivity index (χ0v) is 14.6. The van der Waals surface area contributed by atoms with Crippen molar-refractivity contribution in [3.8, 4) is 5.75 Å². The number of halogens is 1. The lowest BCUT2D eigenvalue weighted by atomic mass is 10.1. The zero-order chi connectivity index (χ0) is 16.9. The van der Waals surface area contributed by atoms with E-state index in [9.17, 15) is 5.11 Å². The molecule has 24 heavy (non-hydrogen) atoms. The molecule has 1 heterocycles. The number of hydrogen-bond acceptors (Lipinski definition) is 4. The van der Waals surface area contributed by atoms with E-state index in [1.807, 2.05) is 43.3 Å². The van der Waals surface area contributed by atoms with Gasteiger partial charge in [0.15, 0.2) is 0 Å². The molecular formula is C19H22ClN3O. The standard InChI is InChI=1S/C19H22ClN3O/c1-15(17-7-3-5-9-19(17)24)21-23-12-10-22(11-13-23)14-16-6-2-4-8-18(16)20/h2-9,24H,10-14H2,1H3/b21-15+. The highest BCUT2D eigenvalue weighted by molar-refractivity contribution is 6.31. The number of nitrogens with zero attached hydrogens (tertiary/aromatic N) is 3. The van der Waals surface area contributed by atoms with Gasteiger partial charge in [-0.15, -0.1) is 0 Å². The van der Waals surface area contributed by atoms with E-state index in [2.05, 4.69) is 21.1 Å². The summed E-state index contributed by atoms with van der Waals surface area (Å²) >= 11 is 6.24. The summed E-state index contributed by atoms with van der Waals surface area (Å²) in [4.78, 5) is 2.39. The second kappa shape index (κ2) is 7.69. The molecule has 2 aromatic carbocycles. The molecule has 4 nitrogen and oxygen atoms in total. The maximum Gasteiger partial charge on any atom is 0.124 e. The van der Waals surface area contributed by atoms with Crippen LogP contribution in [0.4, 0.5) is 0 Å². The first kappa shape index (κ1) is 16.8. The molecule has 0 bridgehead atoms. The number of phenols is 1. The van der Waals surface area contributed by atoms with E-state index in [1.54, 1.807) is 6.07 Å². The van der Waals surface area contributed by atoms with Crippen LogP contribution < -0.4 is 0 Å². The molecule has 0 unspecified atom stereocenters. The SMILES string of the molecule is C/C(=N\N1CCN(Cc2ccccc2Cl)CC1)c1ccccc1O. The van der Waals surface area contributed by atoms with Gasteiger partial charge in [-0.2, -0.15) is 5.10 Å². The summed E-state index contributed by atoms with van der Waals surface area (Å²) in [6.07, 6.45) is 0. The molecule has 2 aromatic rings. The van der Waals surface area contributed by atoms with Gasteiger partial charge in [-0.3, -0.25) is 9.91 Å². The number of phenolic OH excluding ortho intramolecular Hbond substituents is 1. The zero-order valence-electron chi connectivity index (χ0n) is 13.8. The molecule has 3 rings (SSSR count). The summed E-state index contributed by atoms with van der Waals surface area (Å²) in [6.45, 7) is 6.44. The van der Waals surface area contributed by atoms with Crippen molar-refractivity contribution in [3.63, 3.8) is 0 Å². The Bertz CT molecular complexity index is 724. The average molecular weight is 344 g/mol. The first-order valence-corrected chi connectivity index (χ1v) is 8.55. The average Bonchev–Trinajstić information content (AvgIpc) is 2.59. The highest BCUT2D eigenvalue weighted by Gasteiger charge is 2.17. The van der Waals surface area contributed by atoms with Gasteiger partial charge < -0.3 is 5.11 Å². The second-order valence-corrected chi connectivity index (χ2v) is 6.43. The van der Waals surface area contributed by atoms with Crippen LogP contribution in [0.1, 0.15) is 18.1 Å². The summed E-state index contributed by atoms with van der Waals surface area (Å²) < 4.78 is 0. The summed E-state index contributed by atoms with van der Waals surface area (Å²) in [5, 5.41) is 17.5. The Morgan fingerprint density at radius 3 is 2.42 bits per heavy atom. The molecule has 0 atom stereocenters. The molecule has 0 spiro atoms. The van der Waals surface area contributed by atoms with E-state index in [1.165, 1.54) is 5.56 Å². The molecule has 0 aromatic heterocycles. The maximum atomic E-state index is 9.92. The van der Waals surface area contributed by atoms with Gasteiger partial charge in [0.25, 0.3) is 0 Å². The molecule has 5 heteroatoms. The summed E-state index contributed by atoms with van der Waals surface area (Å²) in [5.41, 5.74) is 2.80. The summed E-state index contributed by atoms with van der Waals surface area (Å²) in [5.74, 6) is 0.274. The van der Waals surface area contributed by atoms with Gasteiger partial charge in [-0.1, -0.05) is 41.9 Å². The van der Waals surface area contributed by atoms with Crippen molar-refractivity contribution in [2.45, 2.75) is 13.5 Å². The Kier molecular flexibility index (Phi) is 5.38. The van der Waals surface area contributed by atoms with E-state index < -0.39 is 0 Å². The first-order chi connectivity index (χ1) is 11.6. The molecule has 0 radical (unpaired) electrons. The fourth-order valence-corrected chi connectivity index (χ4v) is 3.10. The first-order valence-electron chi connectivity index (χ1n) is 8.18. The van der Waals surface area contributed by atoms with Crippen LogP contribution in [0.3, 0.4) is 0 Å². The largest absolute Gasteiger partial charge is 0.507 e. The number of piperazine rings is 1. The van der Waals surface area contributed by atoms with Crippen LogP contribution in [0.2, 0.25) is 5.02 Å². The molecule has 126 valence electrons. The van der Waals surface area contributed by atoms with Gasteiger partial charge in [0.05, 0.1) is 5.71 Å². The molecule has 1 aliphatic heterocycles. The molecular weight excluding hydrogens is 322 g/mol. The van der Waals surface area contributed by atoms with Crippen molar-refractivity contribution in [1.82, 2.24) is 9.91 Å². The van der Waals surface area contributed by atoms with Crippen molar-refractivity contribution < 1.29 is 5.11 Å². The monoisotopic (exact) mass is 343 g/mol. The maximum absolute atomic E-state index is 9.92. The molecule has 1 aliphatic rings. The van der Waals surface area contributed by atoms with E-state index in [-0.39, 0.29) is 5.75 Å². The lowest BCUT2D eigenvalue weighted by molar-refractivity contribution is 0.130. The molecule has 0 amide bonds. The normalized spacial score (nSPS) is 16.4. The number of aromatic hydroxyl groups is 1. The van der Waals surface area contributed by atoms with Crippen LogP contribution in [-0.4, -0.2) is 46.9 Å². The Morgan fingerprint density at radius 1 is 1.04 bits per heavy atom. The third kappa shape index (κ3) is 4.08. The minimum absolute atomic E-state index is 0.274. The van der Waals surface area contributed by atoms with Gasteiger partial charge >= 0.3 is 0 Å². The molecule has 1 fully saturated rings. The van der Waals surface area contributed by atoms with Crippen molar-refractivity contribution in [3.05, 3.63) is 64.7 Å². The fourth-order valence-electron chi connectivity index (χ4n) is 2.91. The lowest BCUT2D eigenvalue weighted by Gasteiger charge is -2.33. The lowest BCUT2D eigenvalue weighted by Crippen LogP contribution is -2.43. The minimum Gasteiger partial charge on any atom is -0.507 e. The van der Waals surface area contributed by atoms with E-state index >= 15 is 0 Å². The minimum atomic E-state index is 0.274.